The van der Waals surface area contributed by atoms with Crippen molar-refractivity contribution in [1.29, 1.82) is 0 Å². The second-order valence-electron chi connectivity index (χ2n) is 5.30. The van der Waals surface area contributed by atoms with Crippen molar-refractivity contribution in [3.8, 4) is 0 Å². The predicted octanol–water partition coefficient (Wildman–Crippen LogP) is 1.78. The molecule has 0 spiro atoms. The SMILES string of the molecule is Cc1cc(N2CCCCCC2CO)n2ncnc2c1. The van der Waals surface area contributed by atoms with Crippen LogP contribution in [0.1, 0.15) is 31.2 Å². The van der Waals surface area contributed by atoms with Gasteiger partial charge in [-0.15, -0.1) is 0 Å². The molecule has 1 saturated heterocycles. The van der Waals surface area contributed by atoms with Crippen LogP contribution in [0.25, 0.3) is 5.65 Å². The first-order valence-corrected chi connectivity index (χ1v) is 6.97. The van der Waals surface area contributed by atoms with Crippen LogP contribution in [0.3, 0.4) is 0 Å². The first-order valence-electron chi connectivity index (χ1n) is 6.97. The van der Waals surface area contributed by atoms with E-state index in [0.717, 1.165) is 24.4 Å². The highest BCUT2D eigenvalue weighted by Gasteiger charge is 2.23. The lowest BCUT2D eigenvalue weighted by Crippen LogP contribution is -2.38. The molecule has 0 saturated carbocycles. The average Bonchev–Trinajstić information content (AvgIpc) is 2.74. The van der Waals surface area contributed by atoms with Gasteiger partial charge in [0.15, 0.2) is 5.65 Å². The summed E-state index contributed by atoms with van der Waals surface area (Å²) in [4.78, 5) is 6.57. The van der Waals surface area contributed by atoms with Crippen LogP contribution in [0.15, 0.2) is 18.5 Å². The van der Waals surface area contributed by atoms with Crippen molar-refractivity contribution in [2.24, 2.45) is 0 Å². The summed E-state index contributed by atoms with van der Waals surface area (Å²) < 4.78 is 1.88. The van der Waals surface area contributed by atoms with Gasteiger partial charge in [0.1, 0.15) is 12.1 Å². The van der Waals surface area contributed by atoms with Gasteiger partial charge in [-0.3, -0.25) is 0 Å². The Hall–Kier alpha value is -1.62. The third kappa shape index (κ3) is 2.30. The van der Waals surface area contributed by atoms with E-state index in [0.29, 0.717) is 0 Å². The van der Waals surface area contributed by atoms with Gasteiger partial charge in [-0.05, 0) is 37.5 Å². The molecule has 2 aromatic rings. The molecule has 1 aliphatic heterocycles. The Morgan fingerprint density at radius 2 is 2.21 bits per heavy atom. The zero-order chi connectivity index (χ0) is 13.2. The minimum absolute atomic E-state index is 0.191. The molecule has 0 radical (unpaired) electrons. The quantitative estimate of drug-likeness (QED) is 0.894. The molecule has 0 aliphatic carbocycles. The summed E-state index contributed by atoms with van der Waals surface area (Å²) in [5, 5.41) is 14.0. The van der Waals surface area contributed by atoms with Gasteiger partial charge in [-0.2, -0.15) is 9.61 Å². The molecular formula is C14H20N4O. The molecule has 3 heterocycles. The van der Waals surface area contributed by atoms with Gasteiger partial charge >= 0.3 is 0 Å². The number of aromatic nitrogens is 3. The van der Waals surface area contributed by atoms with Crippen LogP contribution in [-0.2, 0) is 0 Å². The second kappa shape index (κ2) is 5.17. The average molecular weight is 260 g/mol. The molecule has 1 aliphatic rings. The summed E-state index contributed by atoms with van der Waals surface area (Å²) >= 11 is 0. The molecule has 19 heavy (non-hydrogen) atoms. The monoisotopic (exact) mass is 260 g/mol. The van der Waals surface area contributed by atoms with E-state index in [-0.39, 0.29) is 12.6 Å². The maximum Gasteiger partial charge on any atom is 0.157 e. The Balaban J connectivity index is 2.07. The molecular weight excluding hydrogens is 240 g/mol. The maximum atomic E-state index is 9.65. The second-order valence-corrected chi connectivity index (χ2v) is 5.30. The number of pyridine rings is 1. The Morgan fingerprint density at radius 3 is 3.05 bits per heavy atom. The van der Waals surface area contributed by atoms with E-state index in [4.69, 9.17) is 0 Å². The van der Waals surface area contributed by atoms with Crippen molar-refractivity contribution < 1.29 is 5.11 Å². The number of aryl methyl sites for hydroxylation is 1. The van der Waals surface area contributed by atoms with E-state index in [1.807, 2.05) is 10.6 Å². The fourth-order valence-corrected chi connectivity index (χ4v) is 2.91. The van der Waals surface area contributed by atoms with Crippen LogP contribution in [0, 0.1) is 6.92 Å². The van der Waals surface area contributed by atoms with E-state index in [2.05, 4.69) is 28.0 Å². The molecule has 0 aromatic carbocycles. The zero-order valence-electron chi connectivity index (χ0n) is 11.3. The largest absolute Gasteiger partial charge is 0.394 e. The Bertz CT molecular complexity index is 566. The minimum Gasteiger partial charge on any atom is -0.394 e. The highest BCUT2D eigenvalue weighted by molar-refractivity contribution is 5.53. The van der Waals surface area contributed by atoms with E-state index in [1.165, 1.54) is 24.8 Å². The first kappa shape index (κ1) is 12.4. The lowest BCUT2D eigenvalue weighted by molar-refractivity contribution is 0.254. The van der Waals surface area contributed by atoms with E-state index in [9.17, 15) is 5.11 Å². The van der Waals surface area contributed by atoms with Crippen molar-refractivity contribution in [2.75, 3.05) is 18.1 Å². The van der Waals surface area contributed by atoms with Crippen LogP contribution in [-0.4, -0.2) is 38.9 Å². The van der Waals surface area contributed by atoms with Gasteiger partial charge in [-0.25, -0.2) is 4.98 Å². The van der Waals surface area contributed by atoms with E-state index < -0.39 is 0 Å². The summed E-state index contributed by atoms with van der Waals surface area (Å²) in [5.41, 5.74) is 2.05. The summed E-state index contributed by atoms with van der Waals surface area (Å²) in [7, 11) is 0. The molecule has 1 unspecified atom stereocenters. The highest BCUT2D eigenvalue weighted by atomic mass is 16.3. The van der Waals surface area contributed by atoms with Crippen LogP contribution in [0.4, 0.5) is 5.82 Å². The third-order valence-electron chi connectivity index (χ3n) is 3.89. The van der Waals surface area contributed by atoms with Gasteiger partial charge in [-0.1, -0.05) is 12.8 Å². The Labute approximate surface area is 112 Å². The predicted molar refractivity (Wildman–Crippen MR) is 74.4 cm³/mol. The summed E-state index contributed by atoms with van der Waals surface area (Å²) in [6, 6.07) is 4.36. The lowest BCUT2D eigenvalue weighted by Gasteiger charge is -2.31. The number of rotatable bonds is 2. The fourth-order valence-electron chi connectivity index (χ4n) is 2.91. The van der Waals surface area contributed by atoms with Gasteiger partial charge < -0.3 is 10.0 Å². The zero-order valence-corrected chi connectivity index (χ0v) is 11.3. The highest BCUT2D eigenvalue weighted by Crippen LogP contribution is 2.25. The Morgan fingerprint density at radius 1 is 1.32 bits per heavy atom. The molecule has 3 rings (SSSR count). The Kier molecular flexibility index (Phi) is 3.38. The summed E-state index contributed by atoms with van der Waals surface area (Å²) in [6.07, 6.45) is 6.22. The van der Waals surface area contributed by atoms with Gasteiger partial charge in [0, 0.05) is 6.54 Å². The van der Waals surface area contributed by atoms with Gasteiger partial charge in [0.2, 0.25) is 0 Å². The fraction of sp³-hybridized carbons (Fsp3) is 0.571. The summed E-state index contributed by atoms with van der Waals surface area (Å²) in [6.45, 7) is 3.25. The normalized spacial score (nSPS) is 20.7. The van der Waals surface area contributed by atoms with Crippen molar-refractivity contribution >= 4 is 11.5 Å². The molecule has 1 fully saturated rings. The maximum absolute atomic E-state index is 9.65. The molecule has 1 N–H and O–H groups in total. The van der Waals surface area contributed by atoms with E-state index >= 15 is 0 Å². The molecule has 5 nitrogen and oxygen atoms in total. The topological polar surface area (TPSA) is 53.7 Å². The standard InChI is InChI=1S/C14H20N4O/c1-11-7-13-15-10-16-18(13)14(8-11)17-6-4-2-3-5-12(17)9-19/h7-8,10,12,19H,2-6,9H2,1H3. The molecule has 5 heteroatoms. The third-order valence-corrected chi connectivity index (χ3v) is 3.89. The molecule has 2 aromatic heterocycles. The van der Waals surface area contributed by atoms with Crippen molar-refractivity contribution in [2.45, 2.75) is 38.6 Å². The number of nitrogens with zero attached hydrogens (tertiary/aromatic N) is 4. The minimum atomic E-state index is 0.191. The van der Waals surface area contributed by atoms with Crippen LogP contribution < -0.4 is 4.90 Å². The van der Waals surface area contributed by atoms with Gasteiger partial charge in [0.05, 0.1) is 12.6 Å². The van der Waals surface area contributed by atoms with Crippen molar-refractivity contribution in [3.05, 3.63) is 24.0 Å². The van der Waals surface area contributed by atoms with Crippen LogP contribution in [0.5, 0.6) is 0 Å². The molecule has 1 atom stereocenters. The van der Waals surface area contributed by atoms with Crippen LogP contribution >= 0.6 is 0 Å². The number of aliphatic hydroxyl groups excluding tert-OH is 1. The van der Waals surface area contributed by atoms with Gasteiger partial charge in [0.25, 0.3) is 0 Å². The number of hydrogen-bond donors (Lipinski definition) is 1. The summed E-state index contributed by atoms with van der Waals surface area (Å²) in [5.74, 6) is 1.05. The molecule has 102 valence electrons. The number of fused-ring (bicyclic) bond motifs is 1. The smallest absolute Gasteiger partial charge is 0.157 e. The van der Waals surface area contributed by atoms with E-state index in [1.54, 1.807) is 6.33 Å². The first-order chi connectivity index (χ1) is 9.29. The lowest BCUT2D eigenvalue weighted by atomic mass is 10.1. The number of aliphatic hydroxyl groups is 1. The molecule has 0 amide bonds. The van der Waals surface area contributed by atoms with Crippen molar-refractivity contribution in [1.82, 2.24) is 14.6 Å². The van der Waals surface area contributed by atoms with Crippen LogP contribution in [0.2, 0.25) is 0 Å². The van der Waals surface area contributed by atoms with Crippen molar-refractivity contribution in [3.63, 3.8) is 0 Å². The number of hydrogen-bond acceptors (Lipinski definition) is 4. The molecule has 0 bridgehead atoms. The number of anilines is 1.